The Kier molecular flexibility index (Phi) is 8.51. The van der Waals surface area contributed by atoms with E-state index in [1.54, 1.807) is 30.0 Å². The Labute approximate surface area is 218 Å². The first-order valence-corrected chi connectivity index (χ1v) is 13.0. The Morgan fingerprint density at radius 2 is 1.89 bits per heavy atom. The number of aryl methyl sites for hydroxylation is 2. The Morgan fingerprint density at radius 3 is 2.61 bits per heavy atom. The van der Waals surface area contributed by atoms with Crippen molar-refractivity contribution in [1.29, 1.82) is 0 Å². The molecule has 3 aromatic carbocycles. The van der Waals surface area contributed by atoms with Crippen molar-refractivity contribution in [3.63, 3.8) is 0 Å². The molecule has 4 rings (SSSR count). The number of carboxylic acid groups (broad SMARTS) is 1. The van der Waals surface area contributed by atoms with Gasteiger partial charge in [-0.15, -0.1) is 16.9 Å². The van der Waals surface area contributed by atoms with Gasteiger partial charge in [0.25, 0.3) is 0 Å². The molecule has 1 aromatic heterocycles. The molecule has 9 heteroatoms. The molecule has 0 saturated heterocycles. The van der Waals surface area contributed by atoms with Crippen LogP contribution in [0.4, 0.5) is 11.4 Å². The zero-order valence-electron chi connectivity index (χ0n) is 19.8. The molecule has 0 aliphatic heterocycles. The van der Waals surface area contributed by atoms with E-state index in [1.165, 1.54) is 0 Å². The third kappa shape index (κ3) is 6.01. The number of hydrogen-bond acceptors (Lipinski definition) is 6. The number of fused-ring (bicyclic) bond motifs is 1. The van der Waals surface area contributed by atoms with Gasteiger partial charge in [0.05, 0.1) is 21.8 Å². The van der Waals surface area contributed by atoms with Crippen LogP contribution in [0, 0.1) is 0 Å². The molecule has 0 saturated carbocycles. The molecule has 0 fully saturated rings. The first-order chi connectivity index (χ1) is 17.5. The van der Waals surface area contributed by atoms with E-state index >= 15 is 0 Å². The lowest BCUT2D eigenvalue weighted by Crippen LogP contribution is -1.97. The summed E-state index contributed by atoms with van der Waals surface area (Å²) in [5, 5.41) is 33.1. The monoisotopic (exact) mass is 522 g/mol. The van der Waals surface area contributed by atoms with Gasteiger partial charge < -0.3 is 20.1 Å². The number of aromatic hydroxyl groups is 1. The average Bonchev–Trinajstić information content (AvgIpc) is 3.13. The van der Waals surface area contributed by atoms with Gasteiger partial charge in [-0.05, 0) is 60.9 Å². The number of thioether (sulfide) groups is 1. The third-order valence-corrected chi connectivity index (χ3v) is 7.00. The Hall–Kier alpha value is -3.49. The standard InChI is InChI=1S/C27H27ClN4O3S/c1-2-14-32-24-12-11-20(36-15-13-18-7-9-19(10-8-18)27(34)35)16-21(24)25(26(32)33)31-30-17-29-23-6-4-3-5-22(23)28/h3-12,16,29,33H,2,13-15,17H2,1H3,(H,34,35). The van der Waals surface area contributed by atoms with Gasteiger partial charge in [-0.2, -0.15) is 5.11 Å². The summed E-state index contributed by atoms with van der Waals surface area (Å²) in [5.74, 6) is 0.0159. The van der Waals surface area contributed by atoms with Crippen LogP contribution < -0.4 is 5.32 Å². The summed E-state index contributed by atoms with van der Waals surface area (Å²) in [6, 6.07) is 20.5. The number of aromatic nitrogens is 1. The molecule has 1 heterocycles. The van der Waals surface area contributed by atoms with Gasteiger partial charge in [-0.3, -0.25) is 0 Å². The predicted octanol–water partition coefficient (Wildman–Crippen LogP) is 7.60. The Balaban J connectivity index is 1.49. The largest absolute Gasteiger partial charge is 0.493 e. The van der Waals surface area contributed by atoms with Crippen molar-refractivity contribution in [2.24, 2.45) is 10.2 Å². The molecule has 0 bridgehead atoms. The number of halogens is 1. The normalized spacial score (nSPS) is 11.4. The van der Waals surface area contributed by atoms with Crippen molar-refractivity contribution in [3.8, 4) is 5.88 Å². The van der Waals surface area contributed by atoms with Gasteiger partial charge in [0.15, 0.2) is 5.69 Å². The lowest BCUT2D eigenvalue weighted by atomic mass is 10.1. The van der Waals surface area contributed by atoms with E-state index in [-0.39, 0.29) is 18.1 Å². The summed E-state index contributed by atoms with van der Waals surface area (Å²) < 4.78 is 1.86. The minimum atomic E-state index is -0.921. The highest BCUT2D eigenvalue weighted by Gasteiger charge is 2.17. The predicted molar refractivity (Wildman–Crippen MR) is 146 cm³/mol. The molecule has 0 amide bonds. The zero-order valence-corrected chi connectivity index (χ0v) is 21.4. The fraction of sp³-hybridized carbons (Fsp3) is 0.222. The molecular formula is C27H27ClN4O3S. The summed E-state index contributed by atoms with van der Waals surface area (Å²) in [7, 11) is 0. The maximum absolute atomic E-state index is 11.0. The van der Waals surface area contributed by atoms with Gasteiger partial charge in [0.1, 0.15) is 6.67 Å². The molecule has 36 heavy (non-hydrogen) atoms. The maximum Gasteiger partial charge on any atom is 0.335 e. The quantitative estimate of drug-likeness (QED) is 0.139. The first kappa shape index (κ1) is 25.6. The van der Waals surface area contributed by atoms with Crippen molar-refractivity contribution in [1.82, 2.24) is 4.57 Å². The number of benzene rings is 3. The first-order valence-electron chi connectivity index (χ1n) is 11.6. The maximum atomic E-state index is 11.0. The molecule has 0 radical (unpaired) electrons. The number of rotatable bonds is 11. The summed E-state index contributed by atoms with van der Waals surface area (Å²) in [5.41, 5.74) is 3.51. The highest BCUT2D eigenvalue weighted by molar-refractivity contribution is 7.99. The molecule has 7 nitrogen and oxygen atoms in total. The number of aromatic carboxylic acids is 1. The molecule has 186 valence electrons. The van der Waals surface area contributed by atoms with E-state index in [0.29, 0.717) is 17.3 Å². The second-order valence-electron chi connectivity index (χ2n) is 8.16. The minimum Gasteiger partial charge on any atom is -0.493 e. The van der Waals surface area contributed by atoms with Gasteiger partial charge in [-0.1, -0.05) is 42.8 Å². The molecular weight excluding hydrogens is 496 g/mol. The van der Waals surface area contributed by atoms with Crippen LogP contribution in [-0.4, -0.2) is 33.2 Å². The summed E-state index contributed by atoms with van der Waals surface area (Å²) in [6.07, 6.45) is 1.68. The van der Waals surface area contributed by atoms with Gasteiger partial charge in [0.2, 0.25) is 5.88 Å². The number of carbonyl (C=O) groups is 1. The van der Waals surface area contributed by atoms with E-state index in [0.717, 1.165) is 45.6 Å². The van der Waals surface area contributed by atoms with Crippen molar-refractivity contribution in [3.05, 3.63) is 82.9 Å². The van der Waals surface area contributed by atoms with E-state index in [2.05, 4.69) is 22.5 Å². The number of hydrogen-bond donors (Lipinski definition) is 3. The summed E-state index contributed by atoms with van der Waals surface area (Å²) >= 11 is 7.87. The van der Waals surface area contributed by atoms with E-state index in [4.69, 9.17) is 16.7 Å². The van der Waals surface area contributed by atoms with Crippen molar-refractivity contribution < 1.29 is 15.0 Å². The van der Waals surface area contributed by atoms with Gasteiger partial charge in [0, 0.05) is 22.6 Å². The zero-order chi connectivity index (χ0) is 25.5. The molecule has 3 N–H and O–H groups in total. The van der Waals surface area contributed by atoms with Crippen LogP contribution in [0.2, 0.25) is 5.02 Å². The van der Waals surface area contributed by atoms with Gasteiger partial charge in [-0.25, -0.2) is 4.79 Å². The van der Waals surface area contributed by atoms with Crippen LogP contribution in [0.15, 0.2) is 81.9 Å². The lowest BCUT2D eigenvalue weighted by Gasteiger charge is -2.06. The fourth-order valence-corrected chi connectivity index (χ4v) is 5.01. The van der Waals surface area contributed by atoms with Gasteiger partial charge >= 0.3 is 5.97 Å². The van der Waals surface area contributed by atoms with Crippen molar-refractivity contribution in [2.45, 2.75) is 31.2 Å². The van der Waals surface area contributed by atoms with E-state index < -0.39 is 5.97 Å². The summed E-state index contributed by atoms with van der Waals surface area (Å²) in [6.45, 7) is 2.96. The van der Waals surface area contributed by atoms with Crippen LogP contribution in [0.3, 0.4) is 0 Å². The molecule has 0 atom stereocenters. The number of azo groups is 1. The highest BCUT2D eigenvalue weighted by atomic mass is 35.5. The topological polar surface area (TPSA) is 99.2 Å². The number of carboxylic acids is 1. The SMILES string of the molecule is CCCn1c(O)c(N=NCNc2ccccc2Cl)c2cc(SCCc3ccc(C(=O)O)cc3)ccc21. The minimum absolute atomic E-state index is 0.106. The number of nitrogens with one attached hydrogen (secondary N) is 1. The average molecular weight is 523 g/mol. The Morgan fingerprint density at radius 1 is 1.11 bits per heavy atom. The fourth-order valence-electron chi connectivity index (χ4n) is 3.87. The Bertz CT molecular complexity index is 1390. The highest BCUT2D eigenvalue weighted by Crippen LogP contribution is 2.40. The summed E-state index contributed by atoms with van der Waals surface area (Å²) in [4.78, 5) is 12.1. The smallest absolute Gasteiger partial charge is 0.335 e. The van der Waals surface area contributed by atoms with Crippen LogP contribution in [0.25, 0.3) is 10.9 Å². The second kappa shape index (κ2) is 12.0. The van der Waals surface area contributed by atoms with E-state index in [9.17, 15) is 9.90 Å². The van der Waals surface area contributed by atoms with Crippen molar-refractivity contribution >= 4 is 51.6 Å². The molecule has 0 aliphatic rings. The molecule has 0 spiro atoms. The molecule has 4 aromatic rings. The third-order valence-electron chi connectivity index (χ3n) is 5.67. The lowest BCUT2D eigenvalue weighted by molar-refractivity contribution is 0.0697. The number of nitrogens with zero attached hydrogens (tertiary/aromatic N) is 3. The molecule has 0 unspecified atom stereocenters. The van der Waals surface area contributed by atoms with E-state index in [1.807, 2.05) is 53.1 Å². The van der Waals surface area contributed by atoms with Crippen LogP contribution in [0.5, 0.6) is 5.88 Å². The van der Waals surface area contributed by atoms with Crippen LogP contribution >= 0.6 is 23.4 Å². The van der Waals surface area contributed by atoms with Crippen LogP contribution in [-0.2, 0) is 13.0 Å². The number of para-hydroxylation sites is 1. The molecule has 0 aliphatic carbocycles. The number of anilines is 1. The van der Waals surface area contributed by atoms with Crippen molar-refractivity contribution in [2.75, 3.05) is 17.7 Å². The van der Waals surface area contributed by atoms with Crippen LogP contribution in [0.1, 0.15) is 29.3 Å². The second-order valence-corrected chi connectivity index (χ2v) is 9.74.